The van der Waals surface area contributed by atoms with Crippen molar-refractivity contribution >= 4 is 5.69 Å². The van der Waals surface area contributed by atoms with Crippen molar-refractivity contribution in [3.05, 3.63) is 23.3 Å². The van der Waals surface area contributed by atoms with Crippen molar-refractivity contribution in [3.8, 4) is 5.75 Å². The molecule has 0 amide bonds. The van der Waals surface area contributed by atoms with E-state index in [0.717, 1.165) is 30.0 Å². The predicted octanol–water partition coefficient (Wildman–Crippen LogP) is 2.11. The lowest BCUT2D eigenvalue weighted by atomic mass is 10.1. The molecule has 0 aliphatic heterocycles. The lowest BCUT2D eigenvalue weighted by Crippen LogP contribution is -2.05. The van der Waals surface area contributed by atoms with Gasteiger partial charge in [-0.15, -0.1) is 0 Å². The Morgan fingerprint density at radius 3 is 2.60 bits per heavy atom. The number of ether oxygens (including phenoxy) is 1. The third-order valence-electron chi connectivity index (χ3n) is 2.61. The summed E-state index contributed by atoms with van der Waals surface area (Å²) >= 11 is 0. The van der Waals surface area contributed by atoms with Gasteiger partial charge in [-0.05, 0) is 43.5 Å². The van der Waals surface area contributed by atoms with E-state index in [1.54, 1.807) is 7.11 Å². The number of aliphatic hydroxyl groups excluding tert-OH is 1. The van der Waals surface area contributed by atoms with Crippen molar-refractivity contribution in [2.45, 2.75) is 20.3 Å². The van der Waals surface area contributed by atoms with Gasteiger partial charge >= 0.3 is 0 Å². The van der Waals surface area contributed by atoms with Gasteiger partial charge in [-0.1, -0.05) is 0 Å². The molecule has 0 atom stereocenters. The highest BCUT2D eigenvalue weighted by atomic mass is 16.5. The molecule has 0 saturated heterocycles. The number of aliphatic hydroxyl groups is 1. The number of nitrogens with one attached hydrogen (secondary N) is 1. The summed E-state index contributed by atoms with van der Waals surface area (Å²) in [4.78, 5) is 0. The Labute approximate surface area is 91.1 Å². The van der Waals surface area contributed by atoms with Gasteiger partial charge in [-0.2, -0.15) is 0 Å². The number of methoxy groups -OCH3 is 1. The average Bonchev–Trinajstić information content (AvgIpc) is 2.25. The van der Waals surface area contributed by atoms with E-state index >= 15 is 0 Å². The highest BCUT2D eigenvalue weighted by Gasteiger charge is 2.05. The molecule has 0 unspecified atom stereocenters. The van der Waals surface area contributed by atoms with Gasteiger partial charge in [0.25, 0.3) is 0 Å². The summed E-state index contributed by atoms with van der Waals surface area (Å²) in [5.74, 6) is 0.917. The first-order valence-electron chi connectivity index (χ1n) is 5.19. The van der Waals surface area contributed by atoms with Crippen LogP contribution in [0, 0.1) is 13.8 Å². The summed E-state index contributed by atoms with van der Waals surface area (Å²) < 4.78 is 5.24. The summed E-state index contributed by atoms with van der Waals surface area (Å²) in [7, 11) is 1.68. The molecule has 2 N–H and O–H groups in total. The largest absolute Gasteiger partial charge is 0.496 e. The number of hydrogen-bond donors (Lipinski definition) is 2. The molecule has 0 bridgehead atoms. The second-order valence-electron chi connectivity index (χ2n) is 3.57. The standard InChI is InChI=1S/C12H19NO2/c1-9-10(2)12(15-3)6-5-11(9)13-7-4-8-14/h5-6,13-14H,4,7-8H2,1-3H3. The Morgan fingerprint density at radius 2 is 2.00 bits per heavy atom. The lowest BCUT2D eigenvalue weighted by Gasteiger charge is -2.13. The fourth-order valence-electron chi connectivity index (χ4n) is 1.51. The van der Waals surface area contributed by atoms with Gasteiger partial charge in [0.2, 0.25) is 0 Å². The predicted molar refractivity (Wildman–Crippen MR) is 62.7 cm³/mol. The van der Waals surface area contributed by atoms with Crippen LogP contribution in [0.25, 0.3) is 0 Å². The van der Waals surface area contributed by atoms with E-state index in [-0.39, 0.29) is 6.61 Å². The maximum atomic E-state index is 8.69. The number of rotatable bonds is 5. The Balaban J connectivity index is 2.77. The lowest BCUT2D eigenvalue weighted by molar-refractivity contribution is 0.292. The van der Waals surface area contributed by atoms with Gasteiger partial charge in [0, 0.05) is 18.8 Å². The maximum absolute atomic E-state index is 8.69. The molecule has 0 heterocycles. The zero-order valence-corrected chi connectivity index (χ0v) is 9.63. The summed E-state index contributed by atoms with van der Waals surface area (Å²) in [6.07, 6.45) is 0.768. The number of benzene rings is 1. The van der Waals surface area contributed by atoms with E-state index in [0.29, 0.717) is 0 Å². The van der Waals surface area contributed by atoms with Crippen molar-refractivity contribution < 1.29 is 9.84 Å². The smallest absolute Gasteiger partial charge is 0.122 e. The topological polar surface area (TPSA) is 41.5 Å². The van der Waals surface area contributed by atoms with Gasteiger partial charge < -0.3 is 15.2 Å². The first-order chi connectivity index (χ1) is 7.20. The number of anilines is 1. The normalized spacial score (nSPS) is 10.1. The molecule has 3 nitrogen and oxygen atoms in total. The van der Waals surface area contributed by atoms with Crippen LogP contribution < -0.4 is 10.1 Å². The van der Waals surface area contributed by atoms with Gasteiger partial charge in [-0.3, -0.25) is 0 Å². The van der Waals surface area contributed by atoms with Crippen molar-refractivity contribution in [1.29, 1.82) is 0 Å². The first kappa shape index (κ1) is 11.9. The van der Waals surface area contributed by atoms with Gasteiger partial charge in [0.05, 0.1) is 7.11 Å². The van der Waals surface area contributed by atoms with Gasteiger partial charge in [-0.25, -0.2) is 0 Å². The van der Waals surface area contributed by atoms with Crippen LogP contribution in [0.4, 0.5) is 5.69 Å². The van der Waals surface area contributed by atoms with Crippen LogP contribution in [0.15, 0.2) is 12.1 Å². The summed E-state index contributed by atoms with van der Waals surface area (Å²) in [5.41, 5.74) is 3.47. The molecule has 0 saturated carbocycles. The van der Waals surface area contributed by atoms with Crippen LogP contribution in [0.2, 0.25) is 0 Å². The highest BCUT2D eigenvalue weighted by Crippen LogP contribution is 2.26. The highest BCUT2D eigenvalue weighted by molar-refractivity contribution is 5.58. The summed E-state index contributed by atoms with van der Waals surface area (Å²) in [6, 6.07) is 3.97. The molecule has 3 heteroatoms. The summed E-state index contributed by atoms with van der Waals surface area (Å²) in [6.45, 7) is 5.13. The molecule has 0 aromatic heterocycles. The zero-order valence-electron chi connectivity index (χ0n) is 9.63. The van der Waals surface area contributed by atoms with E-state index in [1.165, 1.54) is 5.56 Å². The molecule has 84 valence electrons. The molecule has 1 aromatic carbocycles. The van der Waals surface area contributed by atoms with E-state index < -0.39 is 0 Å². The molecule has 0 radical (unpaired) electrons. The Kier molecular flexibility index (Phi) is 4.43. The second kappa shape index (κ2) is 5.61. The maximum Gasteiger partial charge on any atom is 0.122 e. The minimum atomic E-state index is 0.223. The van der Waals surface area contributed by atoms with E-state index in [9.17, 15) is 0 Å². The summed E-state index contributed by atoms with van der Waals surface area (Å²) in [5, 5.41) is 12.0. The van der Waals surface area contributed by atoms with Crippen molar-refractivity contribution in [1.82, 2.24) is 0 Å². The minimum absolute atomic E-state index is 0.223. The fraction of sp³-hybridized carbons (Fsp3) is 0.500. The Bertz CT molecular complexity index is 324. The molecule has 0 aliphatic rings. The van der Waals surface area contributed by atoms with Crippen LogP contribution in [-0.2, 0) is 0 Å². The molecule has 15 heavy (non-hydrogen) atoms. The van der Waals surface area contributed by atoms with Gasteiger partial charge in [0.15, 0.2) is 0 Å². The minimum Gasteiger partial charge on any atom is -0.496 e. The van der Waals surface area contributed by atoms with Crippen molar-refractivity contribution in [2.24, 2.45) is 0 Å². The molecule has 1 aromatic rings. The van der Waals surface area contributed by atoms with Crippen LogP contribution in [-0.4, -0.2) is 25.4 Å². The average molecular weight is 209 g/mol. The number of hydrogen-bond acceptors (Lipinski definition) is 3. The fourth-order valence-corrected chi connectivity index (χ4v) is 1.51. The Morgan fingerprint density at radius 1 is 1.27 bits per heavy atom. The van der Waals surface area contributed by atoms with Crippen LogP contribution in [0.3, 0.4) is 0 Å². The van der Waals surface area contributed by atoms with E-state index in [4.69, 9.17) is 9.84 Å². The van der Waals surface area contributed by atoms with Gasteiger partial charge in [0.1, 0.15) is 5.75 Å². The molecule has 1 rings (SSSR count). The molecule has 0 fully saturated rings. The third kappa shape index (κ3) is 2.86. The monoisotopic (exact) mass is 209 g/mol. The van der Waals surface area contributed by atoms with E-state index in [2.05, 4.69) is 12.2 Å². The molecule has 0 aliphatic carbocycles. The second-order valence-corrected chi connectivity index (χ2v) is 3.57. The third-order valence-corrected chi connectivity index (χ3v) is 2.61. The molecular weight excluding hydrogens is 190 g/mol. The van der Waals surface area contributed by atoms with Crippen LogP contribution >= 0.6 is 0 Å². The van der Waals surface area contributed by atoms with Crippen LogP contribution in [0.5, 0.6) is 5.75 Å². The quantitative estimate of drug-likeness (QED) is 0.730. The molecular formula is C12H19NO2. The molecule has 0 spiro atoms. The zero-order chi connectivity index (χ0) is 11.3. The SMILES string of the molecule is COc1ccc(NCCCO)c(C)c1C. The van der Waals surface area contributed by atoms with Crippen LogP contribution in [0.1, 0.15) is 17.5 Å². The Hall–Kier alpha value is -1.22. The van der Waals surface area contributed by atoms with E-state index in [1.807, 2.05) is 19.1 Å². The van der Waals surface area contributed by atoms with Crippen molar-refractivity contribution in [2.75, 3.05) is 25.6 Å². The van der Waals surface area contributed by atoms with Crippen molar-refractivity contribution in [3.63, 3.8) is 0 Å². The first-order valence-corrected chi connectivity index (χ1v) is 5.19.